The number of imide groups is 2. The number of phenols is 1. The van der Waals surface area contributed by atoms with Crippen LogP contribution in [-0.2, 0) is 34.9 Å². The van der Waals surface area contributed by atoms with Crippen molar-refractivity contribution in [3.63, 3.8) is 0 Å². The molecule has 8 unspecified atom stereocenters. The van der Waals surface area contributed by atoms with E-state index in [1.54, 1.807) is 12.1 Å². The average molecular weight is 951 g/mol. The molecule has 6 aliphatic carbocycles. The summed E-state index contributed by atoms with van der Waals surface area (Å²) in [4.78, 5) is 62.1. The van der Waals surface area contributed by atoms with Crippen LogP contribution in [0.3, 0.4) is 0 Å². The molecule has 2 saturated heterocycles. The molecule has 6 aromatic carbocycles. The first kappa shape index (κ1) is 45.0. The monoisotopic (exact) mass is 950 g/mol. The fourth-order valence-electron chi connectivity index (χ4n) is 13.1. The summed E-state index contributed by atoms with van der Waals surface area (Å²) in [5.74, 6) is -5.49. The van der Waals surface area contributed by atoms with Gasteiger partial charge in [0.05, 0.1) is 36.4 Å². The van der Waals surface area contributed by atoms with Gasteiger partial charge in [-0.3, -0.25) is 29.0 Å². The number of nitrogens with zero attached hydrogens (tertiary/aromatic N) is 2. The Balaban J connectivity index is 0.792. The highest BCUT2D eigenvalue weighted by Gasteiger charge is 2.70. The Hall–Kier alpha value is -7.12. The number of ether oxygens (including phenoxy) is 3. The highest BCUT2D eigenvalue weighted by molar-refractivity contribution is 6.11. The predicted molar refractivity (Wildman–Crippen MR) is 261 cm³/mol. The molecule has 8 aliphatic rings. The molecule has 12 nitrogen and oxygen atoms in total. The van der Waals surface area contributed by atoms with Crippen LogP contribution in [0.2, 0.25) is 0 Å². The smallest absolute Gasteiger partial charge is 0.238 e. The summed E-state index contributed by atoms with van der Waals surface area (Å²) in [5.41, 5.74) is 7.02. The van der Waals surface area contributed by atoms with Gasteiger partial charge in [0.25, 0.3) is 0 Å². The summed E-state index contributed by atoms with van der Waals surface area (Å²) < 4.78 is 18.9. The standard InChI is InChI=1S/C59H54N2O10/c1-4-34(62)28-69-37-22-17-32(18-23-37)58(2,3)33-19-24-38(25-20-33)70-29-36(64)30-71-59-45-15-9-7-13-42(45)49(43-14-8-10-16-46(43)59)52-53(59)57(68)61(56(52)67)31-60-54(65)50-47-39-11-5-6-12-40(39)48(51(50)55(60)66)44-27-35(63)21-26-41(44)47/h5-27,34,36,47-53,62-64H,4,28-31H2,1-3H3. The molecule has 2 aliphatic heterocycles. The van der Waals surface area contributed by atoms with Crippen molar-refractivity contribution in [1.29, 1.82) is 0 Å². The van der Waals surface area contributed by atoms with Crippen molar-refractivity contribution in [3.8, 4) is 17.2 Å². The van der Waals surface area contributed by atoms with Crippen molar-refractivity contribution in [1.82, 2.24) is 9.80 Å². The van der Waals surface area contributed by atoms with Crippen LogP contribution in [-0.4, -0.2) is 87.4 Å². The summed E-state index contributed by atoms with van der Waals surface area (Å²) in [6, 6.07) is 43.8. The third-order valence-electron chi connectivity index (χ3n) is 16.5. The van der Waals surface area contributed by atoms with E-state index in [0.717, 1.165) is 65.4 Å². The van der Waals surface area contributed by atoms with Crippen molar-refractivity contribution in [2.24, 2.45) is 23.7 Å². The van der Waals surface area contributed by atoms with Gasteiger partial charge in [-0.25, -0.2) is 0 Å². The van der Waals surface area contributed by atoms with Gasteiger partial charge < -0.3 is 29.5 Å². The van der Waals surface area contributed by atoms with Gasteiger partial charge in [0, 0.05) is 23.2 Å². The zero-order valence-corrected chi connectivity index (χ0v) is 39.6. The van der Waals surface area contributed by atoms with Crippen molar-refractivity contribution in [3.05, 3.63) is 195 Å². The number of rotatable bonds is 14. The molecule has 4 bridgehead atoms. The van der Waals surface area contributed by atoms with E-state index < -0.39 is 89.5 Å². The molecular weight excluding hydrogens is 897 g/mol. The number of hydrogen-bond acceptors (Lipinski definition) is 10. The van der Waals surface area contributed by atoms with Crippen LogP contribution >= 0.6 is 0 Å². The average Bonchev–Trinajstić information content (AvgIpc) is 3.80. The van der Waals surface area contributed by atoms with Crippen molar-refractivity contribution in [2.45, 2.75) is 68.2 Å². The highest BCUT2D eigenvalue weighted by atomic mass is 16.5. The zero-order chi connectivity index (χ0) is 49.1. The van der Waals surface area contributed by atoms with E-state index in [0.29, 0.717) is 17.9 Å². The number of aromatic hydroxyl groups is 1. The number of likely N-dealkylation sites (tertiary alicyclic amines) is 2. The molecule has 71 heavy (non-hydrogen) atoms. The number of aliphatic hydroxyl groups is 2. The fourth-order valence-corrected chi connectivity index (χ4v) is 13.1. The van der Waals surface area contributed by atoms with Crippen molar-refractivity contribution < 1.29 is 48.7 Å². The number of benzene rings is 6. The van der Waals surface area contributed by atoms with Crippen molar-refractivity contribution in [2.75, 3.05) is 26.5 Å². The van der Waals surface area contributed by atoms with Crippen LogP contribution in [0.25, 0.3) is 0 Å². The molecule has 0 saturated carbocycles. The molecule has 2 heterocycles. The first-order valence-corrected chi connectivity index (χ1v) is 24.6. The Morgan fingerprint density at radius 3 is 1.54 bits per heavy atom. The Kier molecular flexibility index (Phi) is 10.6. The SMILES string of the molecule is CCC(O)COc1ccc(C(C)(C)c2ccc(OCC(O)COC34c5ccccc5C(c5ccccc53)C3C(=O)N(CN5C(=O)C6C7c8ccccc8C(c8cc(O)ccc87)C6C5=O)C(=O)C34)cc2)cc1. The minimum atomic E-state index is -1.50. The van der Waals surface area contributed by atoms with Gasteiger partial charge in [-0.1, -0.05) is 124 Å². The highest BCUT2D eigenvalue weighted by Crippen LogP contribution is 2.65. The molecule has 3 N–H and O–H groups in total. The minimum absolute atomic E-state index is 0.0735. The maximum atomic E-state index is 15.3. The Morgan fingerprint density at radius 2 is 0.986 bits per heavy atom. The van der Waals surface area contributed by atoms with Crippen LogP contribution in [0, 0.1) is 23.7 Å². The number of carbonyl (C=O) groups is 4. The van der Waals surface area contributed by atoms with Gasteiger partial charge in [-0.05, 0) is 98.5 Å². The predicted octanol–water partition coefficient (Wildman–Crippen LogP) is 7.48. The van der Waals surface area contributed by atoms with Crippen LogP contribution in [0.5, 0.6) is 17.2 Å². The Morgan fingerprint density at radius 1 is 0.535 bits per heavy atom. The third kappa shape index (κ3) is 6.67. The van der Waals surface area contributed by atoms with E-state index >= 15 is 9.59 Å². The first-order valence-electron chi connectivity index (χ1n) is 24.6. The molecular formula is C59H54N2O10. The van der Waals surface area contributed by atoms with E-state index in [9.17, 15) is 24.9 Å². The largest absolute Gasteiger partial charge is 0.508 e. The van der Waals surface area contributed by atoms with E-state index in [1.807, 2.05) is 134 Å². The number of carbonyl (C=O) groups excluding carboxylic acids is 4. The van der Waals surface area contributed by atoms with E-state index in [2.05, 4.69) is 13.8 Å². The van der Waals surface area contributed by atoms with E-state index in [-0.39, 0.29) is 31.0 Å². The molecule has 6 aromatic rings. The van der Waals surface area contributed by atoms with Crippen LogP contribution in [0.1, 0.15) is 101 Å². The van der Waals surface area contributed by atoms with Gasteiger partial charge in [-0.15, -0.1) is 0 Å². The molecule has 14 rings (SSSR count). The lowest BCUT2D eigenvalue weighted by Crippen LogP contribution is -2.55. The second-order valence-corrected chi connectivity index (χ2v) is 20.5. The lowest BCUT2D eigenvalue weighted by Gasteiger charge is -2.53. The third-order valence-corrected chi connectivity index (χ3v) is 16.5. The van der Waals surface area contributed by atoms with Crippen LogP contribution < -0.4 is 9.47 Å². The zero-order valence-electron chi connectivity index (χ0n) is 39.6. The number of amides is 4. The Bertz CT molecular complexity index is 3100. The molecule has 0 aromatic heterocycles. The van der Waals surface area contributed by atoms with Crippen LogP contribution in [0.4, 0.5) is 0 Å². The quantitative estimate of drug-likeness (QED) is 0.0934. The molecule has 12 heteroatoms. The van der Waals surface area contributed by atoms with Crippen molar-refractivity contribution >= 4 is 23.6 Å². The van der Waals surface area contributed by atoms with Gasteiger partial charge in [0.2, 0.25) is 23.6 Å². The topological polar surface area (TPSA) is 163 Å². The number of phenolic OH excluding ortho intramolecular Hbond substituents is 1. The van der Waals surface area contributed by atoms with E-state index in [4.69, 9.17) is 14.2 Å². The molecule has 0 spiro atoms. The fraction of sp³-hybridized carbons (Fsp3) is 0.322. The minimum Gasteiger partial charge on any atom is -0.508 e. The number of aliphatic hydroxyl groups excluding tert-OH is 2. The molecule has 360 valence electrons. The molecule has 8 atom stereocenters. The summed E-state index contributed by atoms with van der Waals surface area (Å²) in [6.07, 6.45) is -1.04. The molecule has 0 radical (unpaired) electrons. The Labute approximate surface area is 411 Å². The maximum Gasteiger partial charge on any atom is 0.238 e. The number of hydrogen-bond donors (Lipinski definition) is 3. The van der Waals surface area contributed by atoms with Gasteiger partial charge in [0.15, 0.2) is 0 Å². The van der Waals surface area contributed by atoms with Gasteiger partial charge in [-0.2, -0.15) is 0 Å². The second-order valence-electron chi connectivity index (χ2n) is 20.5. The molecule has 4 amide bonds. The van der Waals surface area contributed by atoms with E-state index in [1.165, 1.54) is 0 Å². The van der Waals surface area contributed by atoms with Gasteiger partial charge in [0.1, 0.15) is 48.8 Å². The first-order chi connectivity index (χ1) is 34.3. The normalized spacial score (nSPS) is 26.1. The second kappa shape index (κ2) is 16.8. The summed E-state index contributed by atoms with van der Waals surface area (Å²) in [6.45, 7) is 5.52. The summed E-state index contributed by atoms with van der Waals surface area (Å²) in [5, 5.41) is 32.1. The van der Waals surface area contributed by atoms with Gasteiger partial charge >= 0.3 is 0 Å². The summed E-state index contributed by atoms with van der Waals surface area (Å²) in [7, 11) is 0. The maximum absolute atomic E-state index is 15.3. The summed E-state index contributed by atoms with van der Waals surface area (Å²) >= 11 is 0. The lowest BCUT2D eigenvalue weighted by atomic mass is 9.52. The molecule has 2 fully saturated rings. The van der Waals surface area contributed by atoms with Crippen LogP contribution in [0.15, 0.2) is 140 Å². The lowest BCUT2D eigenvalue weighted by molar-refractivity contribution is -0.154.